The molecule has 0 amide bonds. The third kappa shape index (κ3) is 3.89. The highest BCUT2D eigenvalue weighted by atomic mass is 32.2. The zero-order valence-corrected chi connectivity index (χ0v) is 13.9. The Hall–Kier alpha value is -2.04. The smallest absolute Gasteiger partial charge is 0.146 e. The molecule has 0 aliphatic carbocycles. The Balaban J connectivity index is 1.69. The molecule has 1 saturated heterocycles. The first-order chi connectivity index (χ1) is 11.6. The monoisotopic (exact) mass is 342 g/mol. The first-order valence-electron chi connectivity index (χ1n) is 7.63. The van der Waals surface area contributed by atoms with E-state index in [1.54, 1.807) is 22.6 Å². The summed E-state index contributed by atoms with van der Waals surface area (Å²) in [6.07, 6.45) is 1.99. The lowest BCUT2D eigenvalue weighted by Gasteiger charge is -2.19. The van der Waals surface area contributed by atoms with Gasteiger partial charge in [0.05, 0.1) is 6.61 Å². The van der Waals surface area contributed by atoms with Crippen molar-refractivity contribution in [1.82, 2.24) is 9.29 Å². The SMILES string of the molecule is O=S(c1ccc(C#Cc2ccccc2)cn1)N1CCC(O)(CO)C1. The number of β-amino-alcohol motifs (C(OH)–C–C–N with tert-alkyl or cyclic N) is 1. The van der Waals surface area contributed by atoms with Crippen LogP contribution in [0.2, 0.25) is 0 Å². The maximum absolute atomic E-state index is 12.5. The highest BCUT2D eigenvalue weighted by Crippen LogP contribution is 2.24. The Morgan fingerprint density at radius 1 is 1.17 bits per heavy atom. The normalized spacial score (nSPS) is 21.9. The van der Waals surface area contributed by atoms with Gasteiger partial charge in [0.15, 0.2) is 0 Å². The lowest BCUT2D eigenvalue weighted by atomic mass is 10.1. The number of aliphatic hydroxyl groups excluding tert-OH is 1. The van der Waals surface area contributed by atoms with Crippen LogP contribution in [0.15, 0.2) is 53.7 Å². The van der Waals surface area contributed by atoms with E-state index in [4.69, 9.17) is 0 Å². The number of hydrogen-bond donors (Lipinski definition) is 2. The molecule has 5 nitrogen and oxygen atoms in total. The van der Waals surface area contributed by atoms with Crippen molar-refractivity contribution in [3.05, 3.63) is 59.8 Å². The van der Waals surface area contributed by atoms with Gasteiger partial charge >= 0.3 is 0 Å². The Morgan fingerprint density at radius 2 is 1.92 bits per heavy atom. The largest absolute Gasteiger partial charge is 0.393 e. The van der Waals surface area contributed by atoms with E-state index in [-0.39, 0.29) is 13.2 Å². The summed E-state index contributed by atoms with van der Waals surface area (Å²) in [7, 11) is -1.45. The van der Waals surface area contributed by atoms with E-state index in [0.29, 0.717) is 18.0 Å². The minimum absolute atomic E-state index is 0.174. The molecule has 2 unspecified atom stereocenters. The molecule has 124 valence electrons. The molecule has 0 spiro atoms. The maximum atomic E-state index is 12.5. The molecule has 0 radical (unpaired) electrons. The third-order valence-electron chi connectivity index (χ3n) is 3.87. The van der Waals surface area contributed by atoms with Crippen LogP contribution in [0, 0.1) is 11.8 Å². The van der Waals surface area contributed by atoms with Gasteiger partial charge in [-0.2, -0.15) is 0 Å². The molecule has 1 aromatic heterocycles. The summed E-state index contributed by atoms with van der Waals surface area (Å²) in [6.45, 7) is 0.302. The Bertz CT molecular complexity index is 783. The summed E-state index contributed by atoms with van der Waals surface area (Å²) < 4.78 is 14.1. The van der Waals surface area contributed by atoms with Gasteiger partial charge in [-0.25, -0.2) is 13.5 Å². The second-order valence-corrected chi connectivity index (χ2v) is 7.18. The summed E-state index contributed by atoms with van der Waals surface area (Å²) in [5.74, 6) is 6.07. The fraction of sp³-hybridized carbons (Fsp3) is 0.278. The summed E-state index contributed by atoms with van der Waals surface area (Å²) in [5.41, 5.74) is 0.495. The molecule has 3 rings (SSSR count). The molecule has 0 saturated carbocycles. The molecule has 24 heavy (non-hydrogen) atoms. The van der Waals surface area contributed by atoms with Crippen LogP contribution >= 0.6 is 0 Å². The van der Waals surface area contributed by atoms with E-state index in [9.17, 15) is 14.4 Å². The molecule has 2 atom stereocenters. The van der Waals surface area contributed by atoms with Crippen molar-refractivity contribution in [1.29, 1.82) is 0 Å². The van der Waals surface area contributed by atoms with Crippen LogP contribution < -0.4 is 0 Å². The predicted molar refractivity (Wildman–Crippen MR) is 91.3 cm³/mol. The van der Waals surface area contributed by atoms with E-state index >= 15 is 0 Å². The van der Waals surface area contributed by atoms with E-state index in [0.717, 1.165) is 11.1 Å². The van der Waals surface area contributed by atoms with Gasteiger partial charge in [0.2, 0.25) is 0 Å². The fourth-order valence-corrected chi connectivity index (χ4v) is 3.65. The topological polar surface area (TPSA) is 73.7 Å². The average Bonchev–Trinajstić information content (AvgIpc) is 3.04. The summed E-state index contributed by atoms with van der Waals surface area (Å²) >= 11 is 0. The van der Waals surface area contributed by atoms with Crippen molar-refractivity contribution < 1.29 is 14.4 Å². The van der Waals surface area contributed by atoms with Gasteiger partial charge in [0.25, 0.3) is 0 Å². The van der Waals surface area contributed by atoms with Crippen molar-refractivity contribution >= 4 is 11.0 Å². The lowest BCUT2D eigenvalue weighted by Crippen LogP contribution is -2.37. The van der Waals surface area contributed by atoms with Gasteiger partial charge in [-0.15, -0.1) is 0 Å². The second kappa shape index (κ2) is 7.24. The van der Waals surface area contributed by atoms with Crippen molar-refractivity contribution in [2.45, 2.75) is 17.0 Å². The van der Waals surface area contributed by atoms with E-state index < -0.39 is 16.6 Å². The minimum Gasteiger partial charge on any atom is -0.393 e. The molecule has 2 N–H and O–H groups in total. The third-order valence-corrected chi connectivity index (χ3v) is 5.25. The van der Waals surface area contributed by atoms with Crippen LogP contribution in [0.25, 0.3) is 0 Å². The molecular weight excluding hydrogens is 324 g/mol. The van der Waals surface area contributed by atoms with E-state index in [2.05, 4.69) is 16.8 Å². The summed E-state index contributed by atoms with van der Waals surface area (Å²) in [4.78, 5) is 4.22. The van der Waals surface area contributed by atoms with Crippen LogP contribution in [0.4, 0.5) is 0 Å². The van der Waals surface area contributed by atoms with E-state index in [1.807, 2.05) is 30.3 Å². The average molecular weight is 342 g/mol. The van der Waals surface area contributed by atoms with Crippen LogP contribution in [-0.4, -0.2) is 49.0 Å². The van der Waals surface area contributed by atoms with Crippen molar-refractivity contribution in [3.8, 4) is 11.8 Å². The van der Waals surface area contributed by atoms with Gasteiger partial charge in [-0.3, -0.25) is 0 Å². The molecule has 1 fully saturated rings. The maximum Gasteiger partial charge on any atom is 0.146 e. The molecule has 2 heterocycles. The predicted octanol–water partition coefficient (Wildman–Crippen LogP) is 0.933. The molecule has 0 bridgehead atoms. The van der Waals surface area contributed by atoms with Crippen LogP contribution in [0.1, 0.15) is 17.5 Å². The Labute approximate surface area is 143 Å². The molecule has 6 heteroatoms. The number of nitrogens with zero attached hydrogens (tertiary/aromatic N) is 2. The number of aromatic nitrogens is 1. The fourth-order valence-electron chi connectivity index (χ4n) is 2.45. The van der Waals surface area contributed by atoms with E-state index in [1.165, 1.54) is 0 Å². The molecular formula is C18H18N2O3S. The highest BCUT2D eigenvalue weighted by molar-refractivity contribution is 7.82. The first kappa shape index (κ1) is 16.8. The highest BCUT2D eigenvalue weighted by Gasteiger charge is 2.38. The summed E-state index contributed by atoms with van der Waals surface area (Å²) in [6, 6.07) is 13.1. The Morgan fingerprint density at radius 3 is 2.54 bits per heavy atom. The van der Waals surface area contributed by atoms with Gasteiger partial charge in [-0.1, -0.05) is 30.0 Å². The lowest BCUT2D eigenvalue weighted by molar-refractivity contribution is -0.000510. The number of pyridine rings is 1. The standard InChI is InChI=1S/C18H18N2O3S/c21-14-18(22)10-11-20(13-18)24(23)17-9-8-16(12-19-17)7-6-15-4-2-1-3-5-15/h1-5,8-9,12,21-22H,10-11,13-14H2. The molecule has 1 aliphatic rings. The van der Waals surface area contributed by atoms with Crippen LogP contribution in [0.3, 0.4) is 0 Å². The van der Waals surface area contributed by atoms with Crippen molar-refractivity contribution in [2.24, 2.45) is 0 Å². The number of benzene rings is 1. The van der Waals surface area contributed by atoms with Crippen molar-refractivity contribution in [2.75, 3.05) is 19.7 Å². The second-order valence-electron chi connectivity index (χ2n) is 5.75. The van der Waals surface area contributed by atoms with Gasteiger partial charge in [-0.05, 0) is 30.7 Å². The number of aliphatic hydroxyl groups is 2. The molecule has 2 aromatic rings. The van der Waals surface area contributed by atoms with Crippen LogP contribution in [0.5, 0.6) is 0 Å². The van der Waals surface area contributed by atoms with Crippen LogP contribution in [-0.2, 0) is 11.0 Å². The summed E-state index contributed by atoms with van der Waals surface area (Å²) in [5, 5.41) is 19.6. The minimum atomic E-state index is -1.45. The molecule has 1 aliphatic heterocycles. The van der Waals surface area contributed by atoms with Gasteiger partial charge < -0.3 is 10.2 Å². The zero-order chi connectivity index (χ0) is 17.0. The quantitative estimate of drug-likeness (QED) is 0.814. The number of hydrogen-bond acceptors (Lipinski definition) is 4. The van der Waals surface area contributed by atoms with Crippen molar-refractivity contribution in [3.63, 3.8) is 0 Å². The van der Waals surface area contributed by atoms with Gasteiger partial charge in [0, 0.05) is 30.4 Å². The first-order valence-corrected chi connectivity index (χ1v) is 8.73. The Kier molecular flexibility index (Phi) is 5.07. The zero-order valence-electron chi connectivity index (χ0n) is 13.1. The number of rotatable bonds is 3. The molecule has 1 aromatic carbocycles. The van der Waals surface area contributed by atoms with Gasteiger partial charge in [0.1, 0.15) is 21.6 Å².